The molecular weight excluding hydrogens is 276 g/mol. The van der Waals surface area contributed by atoms with Gasteiger partial charge in [-0.25, -0.2) is 5.84 Å². The Morgan fingerprint density at radius 2 is 1.50 bits per heavy atom. The summed E-state index contributed by atoms with van der Waals surface area (Å²) >= 11 is 0. The van der Waals surface area contributed by atoms with Gasteiger partial charge in [0, 0.05) is 12.0 Å². The Kier molecular flexibility index (Phi) is 5.47. The molecule has 4 N–H and O–H groups in total. The fraction of sp³-hybridized carbons (Fsp3) is 0.167. The molecule has 0 radical (unpaired) electrons. The smallest absolute Gasteiger partial charge is 0.261 e. The predicted molar refractivity (Wildman–Crippen MR) is 87.5 cm³/mol. The van der Waals surface area contributed by atoms with Crippen molar-refractivity contribution in [1.82, 2.24) is 5.43 Å². The number of carbonyl (C=O) groups excluding carboxylic acids is 1. The molecule has 0 aliphatic carbocycles. The van der Waals surface area contributed by atoms with E-state index in [2.05, 4.69) is 5.43 Å². The topological polar surface area (TPSA) is 75.3 Å². The minimum atomic E-state index is -0.644. The summed E-state index contributed by atoms with van der Waals surface area (Å²) in [6.45, 7) is 1.65. The molecule has 0 heterocycles. The molecule has 0 fully saturated rings. The van der Waals surface area contributed by atoms with Crippen LogP contribution in [0, 0.1) is 0 Å². The van der Waals surface area contributed by atoms with Gasteiger partial charge in [-0.3, -0.25) is 10.2 Å². The summed E-state index contributed by atoms with van der Waals surface area (Å²) in [4.78, 5) is 12.2. The van der Waals surface area contributed by atoms with Crippen molar-refractivity contribution < 1.29 is 9.90 Å². The molecule has 4 nitrogen and oxygen atoms in total. The van der Waals surface area contributed by atoms with Gasteiger partial charge in [0.15, 0.2) is 0 Å². The van der Waals surface area contributed by atoms with E-state index in [1.165, 1.54) is 0 Å². The Hall–Kier alpha value is -2.43. The second-order valence-corrected chi connectivity index (χ2v) is 5.11. The lowest BCUT2D eigenvalue weighted by Crippen LogP contribution is -2.33. The number of amides is 1. The fourth-order valence-corrected chi connectivity index (χ4v) is 2.42. The van der Waals surface area contributed by atoms with Crippen LogP contribution < -0.4 is 11.3 Å². The van der Waals surface area contributed by atoms with E-state index in [9.17, 15) is 9.90 Å². The minimum absolute atomic E-state index is 0.224. The van der Waals surface area contributed by atoms with Crippen molar-refractivity contribution in [2.45, 2.75) is 19.4 Å². The van der Waals surface area contributed by atoms with Crippen LogP contribution in [0.3, 0.4) is 0 Å². The molecule has 2 aromatic rings. The third-order valence-electron chi connectivity index (χ3n) is 3.33. The number of hydrogen-bond acceptors (Lipinski definition) is 3. The second kappa shape index (κ2) is 7.54. The highest BCUT2D eigenvalue weighted by Gasteiger charge is 2.19. The van der Waals surface area contributed by atoms with Crippen LogP contribution in [-0.4, -0.2) is 17.1 Å². The number of nitrogens with one attached hydrogen (secondary N) is 1. The number of rotatable bonds is 5. The van der Waals surface area contributed by atoms with Crippen molar-refractivity contribution >= 4 is 11.5 Å². The third-order valence-corrected chi connectivity index (χ3v) is 3.33. The lowest BCUT2D eigenvalue weighted by Gasteiger charge is -2.16. The van der Waals surface area contributed by atoms with Gasteiger partial charge in [-0.15, -0.1) is 0 Å². The molecule has 4 heteroatoms. The Labute approximate surface area is 130 Å². The number of hydrogen-bond donors (Lipinski definition) is 3. The number of aliphatic hydroxyl groups excluding tert-OH is 1. The van der Waals surface area contributed by atoms with Crippen LogP contribution in [0.5, 0.6) is 0 Å². The molecule has 1 atom stereocenters. The van der Waals surface area contributed by atoms with E-state index in [0.717, 1.165) is 16.7 Å². The standard InChI is InChI=1S/C18H20N2O2/c1-13(21)12-16(18(22)20-19)17(14-8-4-2-5-9-14)15-10-6-3-7-11-15/h2-11,13,21H,12,19H2,1H3,(H,20,22). The summed E-state index contributed by atoms with van der Waals surface area (Å²) < 4.78 is 0. The van der Waals surface area contributed by atoms with Crippen LogP contribution in [0.25, 0.3) is 5.57 Å². The van der Waals surface area contributed by atoms with E-state index in [1.807, 2.05) is 60.7 Å². The lowest BCUT2D eigenvalue weighted by atomic mass is 9.90. The molecule has 0 aromatic heterocycles. The molecule has 1 amide bonds. The van der Waals surface area contributed by atoms with Crippen LogP contribution in [0.2, 0.25) is 0 Å². The Balaban J connectivity index is 2.68. The maximum atomic E-state index is 12.2. The van der Waals surface area contributed by atoms with Gasteiger partial charge in [0.2, 0.25) is 0 Å². The summed E-state index contributed by atoms with van der Waals surface area (Å²) in [6.07, 6.45) is -0.419. The highest BCUT2D eigenvalue weighted by atomic mass is 16.3. The van der Waals surface area contributed by atoms with Gasteiger partial charge in [0.1, 0.15) is 0 Å². The van der Waals surface area contributed by atoms with Gasteiger partial charge in [-0.1, -0.05) is 60.7 Å². The molecule has 0 saturated heterocycles. The molecule has 0 spiro atoms. The molecule has 2 aromatic carbocycles. The lowest BCUT2D eigenvalue weighted by molar-refractivity contribution is -0.117. The summed E-state index contributed by atoms with van der Waals surface area (Å²) in [5, 5.41) is 9.75. The van der Waals surface area contributed by atoms with Crippen molar-refractivity contribution in [2.24, 2.45) is 5.84 Å². The number of nitrogens with two attached hydrogens (primary N) is 1. The predicted octanol–water partition coefficient (Wildman–Crippen LogP) is 2.25. The summed E-state index contributed by atoms with van der Waals surface area (Å²) in [5.41, 5.74) is 5.25. The van der Waals surface area contributed by atoms with Gasteiger partial charge < -0.3 is 5.11 Å². The normalized spacial score (nSPS) is 11.6. The molecule has 0 aliphatic heterocycles. The first-order valence-electron chi connectivity index (χ1n) is 7.16. The van der Waals surface area contributed by atoms with Crippen molar-refractivity contribution in [3.63, 3.8) is 0 Å². The molecule has 0 bridgehead atoms. The van der Waals surface area contributed by atoms with Crippen LogP contribution in [0.1, 0.15) is 24.5 Å². The monoisotopic (exact) mass is 296 g/mol. The van der Waals surface area contributed by atoms with Gasteiger partial charge in [-0.2, -0.15) is 0 Å². The molecule has 2 rings (SSSR count). The van der Waals surface area contributed by atoms with Gasteiger partial charge in [0.25, 0.3) is 5.91 Å². The average Bonchev–Trinajstić information content (AvgIpc) is 2.55. The van der Waals surface area contributed by atoms with Gasteiger partial charge in [0.05, 0.1) is 6.10 Å². The van der Waals surface area contributed by atoms with E-state index in [4.69, 9.17) is 5.84 Å². The molecule has 114 valence electrons. The van der Waals surface area contributed by atoms with Crippen molar-refractivity contribution in [1.29, 1.82) is 0 Å². The maximum Gasteiger partial charge on any atom is 0.261 e. The summed E-state index contributed by atoms with van der Waals surface area (Å²) in [6, 6.07) is 19.3. The molecule has 0 aliphatic rings. The van der Waals surface area contributed by atoms with Crippen LogP contribution in [0.4, 0.5) is 0 Å². The van der Waals surface area contributed by atoms with E-state index in [0.29, 0.717) is 5.57 Å². The quantitative estimate of drug-likeness (QED) is 0.343. The first-order valence-corrected chi connectivity index (χ1v) is 7.16. The van der Waals surface area contributed by atoms with Crippen molar-refractivity contribution in [3.8, 4) is 0 Å². The zero-order chi connectivity index (χ0) is 15.9. The third kappa shape index (κ3) is 3.81. The SMILES string of the molecule is CC(O)CC(C(=O)NN)=C(c1ccccc1)c1ccccc1. The molecule has 22 heavy (non-hydrogen) atoms. The van der Waals surface area contributed by atoms with E-state index >= 15 is 0 Å². The number of carbonyl (C=O) groups is 1. The first-order chi connectivity index (χ1) is 10.6. The van der Waals surface area contributed by atoms with E-state index in [1.54, 1.807) is 6.92 Å². The zero-order valence-corrected chi connectivity index (χ0v) is 12.5. The van der Waals surface area contributed by atoms with Crippen molar-refractivity contribution in [3.05, 3.63) is 77.4 Å². The van der Waals surface area contributed by atoms with Crippen molar-refractivity contribution in [2.75, 3.05) is 0 Å². The van der Waals surface area contributed by atoms with Gasteiger partial charge >= 0.3 is 0 Å². The number of aliphatic hydroxyl groups is 1. The van der Waals surface area contributed by atoms with Crippen LogP contribution in [-0.2, 0) is 4.79 Å². The first kappa shape index (κ1) is 15.9. The maximum absolute atomic E-state index is 12.2. The summed E-state index contributed by atoms with van der Waals surface area (Å²) in [7, 11) is 0. The Bertz CT molecular complexity index is 608. The minimum Gasteiger partial charge on any atom is -0.393 e. The highest BCUT2D eigenvalue weighted by Crippen LogP contribution is 2.29. The fourth-order valence-electron chi connectivity index (χ4n) is 2.42. The van der Waals surface area contributed by atoms with Crippen LogP contribution in [0.15, 0.2) is 66.2 Å². The Morgan fingerprint density at radius 3 is 1.86 bits per heavy atom. The summed E-state index contributed by atoms with van der Waals surface area (Å²) in [5.74, 6) is 4.94. The highest BCUT2D eigenvalue weighted by molar-refractivity contribution is 6.04. The van der Waals surface area contributed by atoms with Crippen LogP contribution >= 0.6 is 0 Å². The number of hydrazine groups is 1. The molecular formula is C18H20N2O2. The second-order valence-electron chi connectivity index (χ2n) is 5.11. The zero-order valence-electron chi connectivity index (χ0n) is 12.5. The Morgan fingerprint density at radius 1 is 1.05 bits per heavy atom. The van der Waals surface area contributed by atoms with E-state index < -0.39 is 6.10 Å². The molecule has 0 saturated carbocycles. The average molecular weight is 296 g/mol. The van der Waals surface area contributed by atoms with Gasteiger partial charge in [-0.05, 0) is 23.6 Å². The molecule has 1 unspecified atom stereocenters. The van der Waals surface area contributed by atoms with E-state index in [-0.39, 0.29) is 12.3 Å². The number of benzene rings is 2. The largest absolute Gasteiger partial charge is 0.393 e.